The lowest BCUT2D eigenvalue weighted by Crippen LogP contribution is -2.48. The average Bonchev–Trinajstić information content (AvgIpc) is 2.53. The van der Waals surface area contributed by atoms with Gasteiger partial charge in [-0.15, -0.1) is 0 Å². The van der Waals surface area contributed by atoms with Gasteiger partial charge in [-0.05, 0) is 38.8 Å². The van der Waals surface area contributed by atoms with Crippen LogP contribution in [0.1, 0.15) is 32.4 Å². The lowest BCUT2D eigenvalue weighted by Gasteiger charge is -2.31. The van der Waals surface area contributed by atoms with Gasteiger partial charge >= 0.3 is 6.03 Å². The summed E-state index contributed by atoms with van der Waals surface area (Å²) in [6.07, 6.45) is 3.13. The summed E-state index contributed by atoms with van der Waals surface area (Å²) in [5, 5.41) is 5.81. The molecule has 0 aliphatic carbocycles. The van der Waals surface area contributed by atoms with Crippen molar-refractivity contribution in [1.29, 1.82) is 0 Å². The van der Waals surface area contributed by atoms with Crippen LogP contribution >= 0.6 is 0 Å². The first-order valence-electron chi connectivity index (χ1n) is 7.79. The van der Waals surface area contributed by atoms with Crippen molar-refractivity contribution in [2.24, 2.45) is 5.92 Å². The maximum absolute atomic E-state index is 12.2. The molecule has 0 saturated carbocycles. The van der Waals surface area contributed by atoms with Crippen LogP contribution in [-0.4, -0.2) is 41.0 Å². The number of hydrogen-bond donors (Lipinski definition) is 2. The number of pyridine rings is 1. The van der Waals surface area contributed by atoms with Crippen LogP contribution in [0.2, 0.25) is 0 Å². The highest BCUT2D eigenvalue weighted by molar-refractivity contribution is 5.79. The molecule has 0 aromatic carbocycles. The predicted molar refractivity (Wildman–Crippen MR) is 84.0 cm³/mol. The standard InChI is InChI=1S/C16H24N4O2/c1-12(2)19-16(22)20-9-6-13(7-10-20)15(21)18-11-14-5-3-4-8-17-14/h3-5,8,12-13H,6-7,9-11H2,1-2H3,(H,18,21)(H,19,22). The zero-order valence-corrected chi connectivity index (χ0v) is 13.2. The van der Waals surface area contributed by atoms with Crippen molar-refractivity contribution in [3.8, 4) is 0 Å². The number of aromatic nitrogens is 1. The van der Waals surface area contributed by atoms with E-state index in [2.05, 4.69) is 15.6 Å². The normalized spacial score (nSPS) is 15.7. The zero-order chi connectivity index (χ0) is 15.9. The van der Waals surface area contributed by atoms with E-state index in [4.69, 9.17) is 0 Å². The second-order valence-corrected chi connectivity index (χ2v) is 5.90. The molecule has 1 saturated heterocycles. The quantitative estimate of drug-likeness (QED) is 0.886. The molecule has 1 aromatic heterocycles. The van der Waals surface area contributed by atoms with Crippen molar-refractivity contribution in [2.45, 2.75) is 39.3 Å². The summed E-state index contributed by atoms with van der Waals surface area (Å²) >= 11 is 0. The molecule has 0 bridgehead atoms. The first-order chi connectivity index (χ1) is 10.6. The van der Waals surface area contributed by atoms with E-state index in [1.165, 1.54) is 0 Å². The number of carbonyl (C=O) groups is 2. The summed E-state index contributed by atoms with van der Waals surface area (Å²) in [7, 11) is 0. The molecule has 1 aromatic rings. The van der Waals surface area contributed by atoms with Crippen LogP contribution in [0.5, 0.6) is 0 Å². The lowest BCUT2D eigenvalue weighted by molar-refractivity contribution is -0.126. The van der Waals surface area contributed by atoms with E-state index in [1.807, 2.05) is 32.0 Å². The fourth-order valence-corrected chi connectivity index (χ4v) is 2.51. The third-order valence-corrected chi connectivity index (χ3v) is 3.73. The summed E-state index contributed by atoms with van der Waals surface area (Å²) in [6.45, 7) is 5.58. The summed E-state index contributed by atoms with van der Waals surface area (Å²) in [4.78, 5) is 30.0. The van der Waals surface area contributed by atoms with Gasteiger partial charge in [0, 0.05) is 31.2 Å². The van der Waals surface area contributed by atoms with Gasteiger partial charge in [-0.25, -0.2) is 4.79 Å². The highest BCUT2D eigenvalue weighted by atomic mass is 16.2. The molecule has 0 spiro atoms. The van der Waals surface area contributed by atoms with Crippen molar-refractivity contribution in [3.05, 3.63) is 30.1 Å². The molecule has 1 fully saturated rings. The van der Waals surface area contributed by atoms with Crippen molar-refractivity contribution < 1.29 is 9.59 Å². The van der Waals surface area contributed by atoms with E-state index >= 15 is 0 Å². The minimum atomic E-state index is -0.0395. The molecule has 2 rings (SSSR count). The van der Waals surface area contributed by atoms with Crippen LogP contribution < -0.4 is 10.6 Å². The number of carbonyl (C=O) groups excluding carboxylic acids is 2. The number of rotatable bonds is 4. The Morgan fingerprint density at radius 2 is 2.05 bits per heavy atom. The highest BCUT2D eigenvalue weighted by Crippen LogP contribution is 2.17. The van der Waals surface area contributed by atoms with Gasteiger partial charge < -0.3 is 15.5 Å². The van der Waals surface area contributed by atoms with Crippen molar-refractivity contribution >= 4 is 11.9 Å². The van der Waals surface area contributed by atoms with Gasteiger partial charge in [0.05, 0.1) is 12.2 Å². The molecular formula is C16H24N4O2. The van der Waals surface area contributed by atoms with Crippen LogP contribution in [0.4, 0.5) is 4.79 Å². The zero-order valence-electron chi connectivity index (χ0n) is 13.2. The van der Waals surface area contributed by atoms with Crippen molar-refractivity contribution in [1.82, 2.24) is 20.5 Å². The Morgan fingerprint density at radius 3 is 2.64 bits per heavy atom. The molecule has 2 heterocycles. The van der Waals surface area contributed by atoms with E-state index in [0.717, 1.165) is 5.69 Å². The second kappa shape index (κ2) is 7.77. The Hall–Kier alpha value is -2.11. The van der Waals surface area contributed by atoms with Gasteiger partial charge in [0.1, 0.15) is 0 Å². The van der Waals surface area contributed by atoms with Crippen molar-refractivity contribution in [2.75, 3.05) is 13.1 Å². The Balaban J connectivity index is 1.74. The van der Waals surface area contributed by atoms with Gasteiger partial charge in [0.25, 0.3) is 0 Å². The van der Waals surface area contributed by atoms with Crippen LogP contribution in [0.25, 0.3) is 0 Å². The van der Waals surface area contributed by atoms with E-state index < -0.39 is 0 Å². The lowest BCUT2D eigenvalue weighted by atomic mass is 9.96. The Labute approximate surface area is 131 Å². The molecule has 3 amide bonds. The number of likely N-dealkylation sites (tertiary alicyclic amines) is 1. The number of urea groups is 1. The molecule has 120 valence electrons. The van der Waals surface area contributed by atoms with Crippen molar-refractivity contribution in [3.63, 3.8) is 0 Å². The molecule has 0 atom stereocenters. The fourth-order valence-electron chi connectivity index (χ4n) is 2.51. The SMILES string of the molecule is CC(C)NC(=O)N1CCC(C(=O)NCc2ccccn2)CC1. The van der Waals surface area contributed by atoms with E-state index in [1.54, 1.807) is 11.1 Å². The molecule has 0 radical (unpaired) electrons. The van der Waals surface area contributed by atoms with Gasteiger partial charge in [0.15, 0.2) is 0 Å². The predicted octanol–water partition coefficient (Wildman–Crippen LogP) is 1.53. The molecule has 1 aliphatic heterocycles. The monoisotopic (exact) mass is 304 g/mol. The average molecular weight is 304 g/mol. The fraction of sp³-hybridized carbons (Fsp3) is 0.562. The van der Waals surface area contributed by atoms with Gasteiger partial charge in [-0.2, -0.15) is 0 Å². The number of nitrogens with one attached hydrogen (secondary N) is 2. The van der Waals surface area contributed by atoms with Crippen LogP contribution in [0.15, 0.2) is 24.4 Å². The molecule has 6 nitrogen and oxygen atoms in total. The molecule has 2 N–H and O–H groups in total. The largest absolute Gasteiger partial charge is 0.350 e. The summed E-state index contributed by atoms with van der Waals surface area (Å²) < 4.78 is 0. The third kappa shape index (κ3) is 4.72. The molecule has 6 heteroatoms. The minimum absolute atomic E-state index is 0.0215. The minimum Gasteiger partial charge on any atom is -0.350 e. The maximum atomic E-state index is 12.2. The Morgan fingerprint density at radius 1 is 1.32 bits per heavy atom. The molecule has 22 heavy (non-hydrogen) atoms. The third-order valence-electron chi connectivity index (χ3n) is 3.73. The van der Waals surface area contributed by atoms with Crippen LogP contribution in [0.3, 0.4) is 0 Å². The number of amides is 3. The number of hydrogen-bond acceptors (Lipinski definition) is 3. The van der Waals surface area contributed by atoms with E-state index in [-0.39, 0.29) is 23.9 Å². The molecule has 1 aliphatic rings. The second-order valence-electron chi connectivity index (χ2n) is 5.90. The highest BCUT2D eigenvalue weighted by Gasteiger charge is 2.27. The Bertz CT molecular complexity index is 496. The number of piperidine rings is 1. The summed E-state index contributed by atoms with van der Waals surface area (Å²) in [5.74, 6) is 0.0291. The first kappa shape index (κ1) is 16.3. The maximum Gasteiger partial charge on any atom is 0.317 e. The molecule has 0 unspecified atom stereocenters. The Kier molecular flexibility index (Phi) is 5.75. The van der Waals surface area contributed by atoms with Gasteiger partial charge in [-0.3, -0.25) is 9.78 Å². The number of nitrogens with zero attached hydrogens (tertiary/aromatic N) is 2. The van der Waals surface area contributed by atoms with E-state index in [0.29, 0.717) is 32.5 Å². The van der Waals surface area contributed by atoms with Gasteiger partial charge in [0.2, 0.25) is 5.91 Å². The van der Waals surface area contributed by atoms with Crippen LogP contribution in [0, 0.1) is 5.92 Å². The smallest absolute Gasteiger partial charge is 0.317 e. The first-order valence-corrected chi connectivity index (χ1v) is 7.79. The van der Waals surface area contributed by atoms with Gasteiger partial charge in [-0.1, -0.05) is 6.07 Å². The topological polar surface area (TPSA) is 74.3 Å². The summed E-state index contributed by atoms with van der Waals surface area (Å²) in [5.41, 5.74) is 0.851. The summed E-state index contributed by atoms with van der Waals surface area (Å²) in [6, 6.07) is 5.73. The molecular weight excluding hydrogens is 280 g/mol. The van der Waals surface area contributed by atoms with E-state index in [9.17, 15) is 9.59 Å². The van der Waals surface area contributed by atoms with Crippen LogP contribution in [-0.2, 0) is 11.3 Å².